The molecule has 0 amide bonds. The molecule has 0 spiro atoms. The van der Waals surface area contributed by atoms with Crippen molar-refractivity contribution in [3.63, 3.8) is 0 Å². The van der Waals surface area contributed by atoms with Crippen LogP contribution < -0.4 is 10.1 Å². The highest BCUT2D eigenvalue weighted by Gasteiger charge is 2.21. The fourth-order valence-corrected chi connectivity index (χ4v) is 2.53. The van der Waals surface area contributed by atoms with Gasteiger partial charge in [-0.25, -0.2) is 4.98 Å². The lowest BCUT2D eigenvalue weighted by atomic mass is 10.1. The summed E-state index contributed by atoms with van der Waals surface area (Å²) in [4.78, 5) is 4.43. The first-order chi connectivity index (χ1) is 10.1. The van der Waals surface area contributed by atoms with Crippen LogP contribution in [0, 0.1) is 13.8 Å². The van der Waals surface area contributed by atoms with E-state index in [0.717, 1.165) is 27.9 Å². The Morgan fingerprint density at radius 1 is 1.29 bits per heavy atom. The molecule has 1 aliphatic rings. The lowest BCUT2D eigenvalue weighted by Gasteiger charge is -2.13. The highest BCUT2D eigenvalue weighted by atomic mass is 79.9. The fraction of sp³-hybridized carbons (Fsp3) is 0.353. The first-order valence-corrected chi connectivity index (χ1v) is 8.04. The molecule has 2 aromatic rings. The van der Waals surface area contributed by atoms with Crippen molar-refractivity contribution in [1.29, 1.82) is 0 Å². The molecule has 0 aliphatic heterocycles. The minimum atomic E-state index is 0.664. The number of pyridine rings is 1. The standard InChI is InChI=1S/C17H19BrN2O/c1-11-3-4-12(2)16(7-11)21-17-13(8-14(18)10-20-17)9-19-15-5-6-15/h3-4,7-8,10,15,19H,5-6,9H2,1-2H3. The number of ether oxygens (including phenoxy) is 1. The molecule has 0 radical (unpaired) electrons. The van der Waals surface area contributed by atoms with Crippen LogP contribution in [0.25, 0.3) is 0 Å². The van der Waals surface area contributed by atoms with Crippen LogP contribution in [-0.4, -0.2) is 11.0 Å². The van der Waals surface area contributed by atoms with Gasteiger partial charge >= 0.3 is 0 Å². The van der Waals surface area contributed by atoms with Crippen LogP contribution in [0.5, 0.6) is 11.6 Å². The number of benzene rings is 1. The Morgan fingerprint density at radius 2 is 2.10 bits per heavy atom. The summed E-state index contributed by atoms with van der Waals surface area (Å²) in [5, 5.41) is 3.51. The number of hydrogen-bond donors (Lipinski definition) is 1. The molecule has 1 saturated carbocycles. The second-order valence-corrected chi connectivity index (χ2v) is 6.56. The van der Waals surface area contributed by atoms with Crippen LogP contribution in [0.15, 0.2) is 34.9 Å². The molecule has 21 heavy (non-hydrogen) atoms. The van der Waals surface area contributed by atoms with E-state index in [9.17, 15) is 0 Å². The quantitative estimate of drug-likeness (QED) is 0.864. The fourth-order valence-electron chi connectivity index (χ4n) is 2.15. The van der Waals surface area contributed by atoms with E-state index < -0.39 is 0 Å². The van der Waals surface area contributed by atoms with Gasteiger partial charge in [-0.15, -0.1) is 0 Å². The molecule has 3 nitrogen and oxygen atoms in total. The summed E-state index contributed by atoms with van der Waals surface area (Å²) >= 11 is 3.48. The zero-order valence-electron chi connectivity index (χ0n) is 12.3. The Hall–Kier alpha value is -1.39. The summed E-state index contributed by atoms with van der Waals surface area (Å²) in [7, 11) is 0. The molecule has 110 valence electrons. The Labute approximate surface area is 133 Å². The zero-order valence-corrected chi connectivity index (χ0v) is 13.9. The molecule has 1 aromatic heterocycles. The van der Waals surface area contributed by atoms with Crippen molar-refractivity contribution in [2.24, 2.45) is 0 Å². The van der Waals surface area contributed by atoms with E-state index in [4.69, 9.17) is 4.74 Å². The molecule has 1 aliphatic carbocycles. The molecule has 3 rings (SSSR count). The van der Waals surface area contributed by atoms with Crippen molar-refractivity contribution in [1.82, 2.24) is 10.3 Å². The first-order valence-electron chi connectivity index (χ1n) is 7.25. The van der Waals surface area contributed by atoms with Gasteiger partial charge in [0, 0.05) is 28.8 Å². The lowest BCUT2D eigenvalue weighted by molar-refractivity contribution is 0.449. The number of rotatable bonds is 5. The number of nitrogens with one attached hydrogen (secondary N) is 1. The van der Waals surface area contributed by atoms with Crippen molar-refractivity contribution in [2.75, 3.05) is 0 Å². The van der Waals surface area contributed by atoms with Gasteiger partial charge in [0.25, 0.3) is 0 Å². The minimum absolute atomic E-state index is 0.664. The summed E-state index contributed by atoms with van der Waals surface area (Å²) < 4.78 is 7.03. The molecule has 0 atom stereocenters. The molecule has 0 bridgehead atoms. The maximum absolute atomic E-state index is 6.06. The van der Waals surface area contributed by atoms with Crippen LogP contribution in [-0.2, 0) is 6.54 Å². The van der Waals surface area contributed by atoms with Crippen molar-refractivity contribution in [2.45, 2.75) is 39.3 Å². The average molecular weight is 347 g/mol. The minimum Gasteiger partial charge on any atom is -0.438 e. The van der Waals surface area contributed by atoms with E-state index in [0.29, 0.717) is 11.9 Å². The number of aryl methyl sites for hydroxylation is 2. The van der Waals surface area contributed by atoms with Crippen molar-refractivity contribution < 1.29 is 4.74 Å². The van der Waals surface area contributed by atoms with Gasteiger partial charge in [0.2, 0.25) is 5.88 Å². The SMILES string of the molecule is Cc1ccc(C)c(Oc2ncc(Br)cc2CNC2CC2)c1. The molecule has 1 aromatic carbocycles. The van der Waals surface area contributed by atoms with Gasteiger partial charge in [0.1, 0.15) is 5.75 Å². The maximum Gasteiger partial charge on any atom is 0.223 e. The van der Waals surface area contributed by atoms with Gasteiger partial charge in [-0.2, -0.15) is 0 Å². The zero-order chi connectivity index (χ0) is 14.8. The second-order valence-electron chi connectivity index (χ2n) is 5.64. The number of nitrogens with zero attached hydrogens (tertiary/aromatic N) is 1. The normalized spacial score (nSPS) is 14.2. The summed E-state index contributed by atoms with van der Waals surface area (Å²) in [5.74, 6) is 1.55. The Balaban J connectivity index is 1.84. The number of halogens is 1. The van der Waals surface area contributed by atoms with Crippen LogP contribution in [0.4, 0.5) is 0 Å². The Kier molecular flexibility index (Phi) is 4.27. The first kappa shape index (κ1) is 14.5. The maximum atomic E-state index is 6.06. The Bertz CT molecular complexity index is 653. The van der Waals surface area contributed by atoms with Gasteiger partial charge in [0.05, 0.1) is 0 Å². The monoisotopic (exact) mass is 346 g/mol. The van der Waals surface area contributed by atoms with Crippen molar-refractivity contribution in [3.8, 4) is 11.6 Å². The molecule has 1 heterocycles. The van der Waals surface area contributed by atoms with E-state index >= 15 is 0 Å². The topological polar surface area (TPSA) is 34.1 Å². The predicted molar refractivity (Wildman–Crippen MR) is 87.8 cm³/mol. The third kappa shape index (κ3) is 3.83. The van der Waals surface area contributed by atoms with Crippen LogP contribution >= 0.6 is 15.9 Å². The lowest BCUT2D eigenvalue weighted by Crippen LogP contribution is -2.16. The molecule has 4 heteroatoms. The molecule has 0 unspecified atom stereocenters. The highest BCUT2D eigenvalue weighted by molar-refractivity contribution is 9.10. The summed E-state index contributed by atoms with van der Waals surface area (Å²) in [6.45, 7) is 4.91. The third-order valence-electron chi connectivity index (χ3n) is 3.60. The Morgan fingerprint density at radius 3 is 2.86 bits per heavy atom. The second kappa shape index (κ2) is 6.16. The predicted octanol–water partition coefficient (Wildman–Crippen LogP) is 4.51. The van der Waals surface area contributed by atoms with E-state index in [1.807, 2.05) is 0 Å². The van der Waals surface area contributed by atoms with Crippen LogP contribution in [0.1, 0.15) is 29.5 Å². The molecular weight excluding hydrogens is 328 g/mol. The van der Waals surface area contributed by atoms with E-state index in [-0.39, 0.29) is 0 Å². The molecule has 1 N–H and O–H groups in total. The third-order valence-corrected chi connectivity index (χ3v) is 4.03. The van der Waals surface area contributed by atoms with E-state index in [2.05, 4.69) is 64.3 Å². The number of aromatic nitrogens is 1. The van der Waals surface area contributed by atoms with Gasteiger partial charge in [-0.3, -0.25) is 0 Å². The summed E-state index contributed by atoms with van der Waals surface area (Å²) in [6, 6.07) is 8.95. The van der Waals surface area contributed by atoms with Crippen LogP contribution in [0.3, 0.4) is 0 Å². The van der Waals surface area contributed by atoms with Gasteiger partial charge < -0.3 is 10.1 Å². The van der Waals surface area contributed by atoms with Crippen molar-refractivity contribution in [3.05, 3.63) is 51.6 Å². The van der Waals surface area contributed by atoms with E-state index in [1.165, 1.54) is 18.4 Å². The smallest absolute Gasteiger partial charge is 0.223 e. The van der Waals surface area contributed by atoms with E-state index in [1.54, 1.807) is 6.20 Å². The van der Waals surface area contributed by atoms with Gasteiger partial charge in [0.15, 0.2) is 0 Å². The molecule has 0 saturated heterocycles. The van der Waals surface area contributed by atoms with Crippen LogP contribution in [0.2, 0.25) is 0 Å². The summed E-state index contributed by atoms with van der Waals surface area (Å²) in [5.41, 5.74) is 3.38. The average Bonchev–Trinajstić information content (AvgIpc) is 3.27. The highest BCUT2D eigenvalue weighted by Crippen LogP contribution is 2.29. The number of hydrogen-bond acceptors (Lipinski definition) is 3. The molecule has 1 fully saturated rings. The van der Waals surface area contributed by atoms with Gasteiger partial charge in [-0.05, 0) is 65.9 Å². The molecular formula is C17H19BrN2O. The van der Waals surface area contributed by atoms with Crippen molar-refractivity contribution >= 4 is 15.9 Å². The van der Waals surface area contributed by atoms with Gasteiger partial charge in [-0.1, -0.05) is 12.1 Å². The summed E-state index contributed by atoms with van der Waals surface area (Å²) in [6.07, 6.45) is 4.32. The largest absolute Gasteiger partial charge is 0.438 e.